The van der Waals surface area contributed by atoms with Crippen LogP contribution < -0.4 is 3.58 Å². The number of fused-ring (bicyclic) bond motifs is 1. The topological polar surface area (TPSA) is 0 Å². The van der Waals surface area contributed by atoms with Gasteiger partial charge in [-0.25, -0.2) is 0 Å². The second-order valence-electron chi connectivity index (χ2n) is 7.55. The zero-order valence-corrected chi connectivity index (χ0v) is 18.4. The van der Waals surface area contributed by atoms with E-state index in [1.54, 1.807) is 0 Å². The van der Waals surface area contributed by atoms with Crippen LogP contribution in [0.15, 0.2) is 12.1 Å². The zero-order chi connectivity index (χ0) is 16.7. The fourth-order valence-electron chi connectivity index (χ4n) is 4.32. The van der Waals surface area contributed by atoms with Gasteiger partial charge in [-0.1, -0.05) is 0 Å². The summed E-state index contributed by atoms with van der Waals surface area (Å²) in [7, 11) is 0. The first-order valence-electron chi connectivity index (χ1n) is 9.98. The van der Waals surface area contributed by atoms with Crippen molar-refractivity contribution in [2.45, 2.75) is 91.9 Å². The Bertz CT molecular complexity index is 473. The summed E-state index contributed by atoms with van der Waals surface area (Å²) in [6.45, 7) is 6.86. The molecule has 0 N–H and O–H groups in total. The van der Waals surface area contributed by atoms with Crippen LogP contribution in [0.4, 0.5) is 4.39 Å². The molecule has 0 saturated heterocycles. The summed E-state index contributed by atoms with van der Waals surface area (Å²) in [6.07, 6.45) is 11.2. The molecule has 0 radical (unpaired) electrons. The van der Waals surface area contributed by atoms with Gasteiger partial charge >= 0.3 is 147 Å². The van der Waals surface area contributed by atoms with Crippen molar-refractivity contribution >= 4 is 22.0 Å². The van der Waals surface area contributed by atoms with E-state index in [1.165, 1.54) is 79.4 Å². The summed E-state index contributed by atoms with van der Waals surface area (Å²) in [5, 5.41) is 0. The van der Waals surface area contributed by atoms with E-state index in [9.17, 15) is 0 Å². The van der Waals surface area contributed by atoms with E-state index in [1.807, 2.05) is 6.07 Å². The first-order chi connectivity index (χ1) is 11.2. The average Bonchev–Trinajstić information content (AvgIpc) is 3.01. The van der Waals surface area contributed by atoms with Crippen molar-refractivity contribution in [2.75, 3.05) is 0 Å². The normalized spacial score (nSPS) is 14.3. The maximum atomic E-state index is 15.1. The molecule has 0 nitrogen and oxygen atoms in total. The molecule has 0 amide bonds. The summed E-state index contributed by atoms with van der Waals surface area (Å²) in [5.41, 5.74) is 2.78. The van der Waals surface area contributed by atoms with Crippen LogP contribution in [0.5, 0.6) is 0 Å². The molecule has 1 aromatic rings. The summed E-state index contributed by atoms with van der Waals surface area (Å²) >= 11 is -2.60. The molecular weight excluding hydrogens is 390 g/mol. The van der Waals surface area contributed by atoms with Crippen LogP contribution in [0.25, 0.3) is 0 Å². The molecule has 0 aromatic heterocycles. The quantitative estimate of drug-likeness (QED) is 0.382. The van der Waals surface area contributed by atoms with Crippen LogP contribution >= 0.6 is 0 Å². The second-order valence-corrected chi connectivity index (χ2v) is 20.7. The number of rotatable bonds is 10. The van der Waals surface area contributed by atoms with Crippen LogP contribution in [-0.2, 0) is 12.8 Å². The molecule has 0 spiro atoms. The van der Waals surface area contributed by atoms with Crippen LogP contribution in [0, 0.1) is 5.82 Å². The Labute approximate surface area is 147 Å². The summed E-state index contributed by atoms with van der Waals surface area (Å²) in [5.74, 6) is 0.171. The van der Waals surface area contributed by atoms with Crippen molar-refractivity contribution in [1.82, 2.24) is 0 Å². The Morgan fingerprint density at radius 2 is 1.30 bits per heavy atom. The van der Waals surface area contributed by atoms with Gasteiger partial charge in [-0.3, -0.25) is 0 Å². The number of hydrogen-bond donors (Lipinski definition) is 0. The van der Waals surface area contributed by atoms with Gasteiger partial charge in [0.25, 0.3) is 0 Å². The molecule has 0 heterocycles. The van der Waals surface area contributed by atoms with Gasteiger partial charge in [0.15, 0.2) is 0 Å². The molecule has 1 aliphatic carbocycles. The van der Waals surface area contributed by atoms with Crippen molar-refractivity contribution in [3.05, 3.63) is 29.1 Å². The van der Waals surface area contributed by atoms with E-state index in [0.29, 0.717) is 0 Å². The molecule has 2 rings (SSSR count). The molecule has 0 aliphatic heterocycles. The fourth-order valence-corrected chi connectivity index (χ4v) is 20.6. The molecule has 1 aromatic carbocycles. The molecule has 0 atom stereocenters. The summed E-state index contributed by atoms with van der Waals surface area (Å²) in [6, 6.07) is 4.28. The maximum absolute atomic E-state index is 15.1. The van der Waals surface area contributed by atoms with Crippen LogP contribution in [0.3, 0.4) is 0 Å². The number of benzene rings is 1. The van der Waals surface area contributed by atoms with Gasteiger partial charge in [0, 0.05) is 0 Å². The van der Waals surface area contributed by atoms with Crippen LogP contribution in [0.1, 0.15) is 76.8 Å². The number of unbranched alkanes of at least 4 members (excludes halogenated alkanes) is 3. The molecule has 23 heavy (non-hydrogen) atoms. The monoisotopic (exact) mass is 426 g/mol. The van der Waals surface area contributed by atoms with Gasteiger partial charge in [-0.15, -0.1) is 0 Å². The molecule has 130 valence electrons. The van der Waals surface area contributed by atoms with Gasteiger partial charge in [-0.05, 0) is 0 Å². The van der Waals surface area contributed by atoms with Crippen LogP contribution in [0.2, 0.25) is 13.3 Å². The SMILES string of the molecule is CCC[CH2][Sn]([CH2]CCC)([CH2]CCC)[c]1cc2c(cc1F)CCC2. The molecule has 0 bridgehead atoms. The Morgan fingerprint density at radius 3 is 1.78 bits per heavy atom. The van der Waals surface area contributed by atoms with Crippen LogP contribution in [-0.4, -0.2) is 18.4 Å². The van der Waals surface area contributed by atoms with Gasteiger partial charge in [0.1, 0.15) is 0 Å². The molecule has 0 saturated carbocycles. The summed E-state index contributed by atoms with van der Waals surface area (Å²) < 4.78 is 20.4. The van der Waals surface area contributed by atoms with E-state index < -0.39 is 18.4 Å². The minimum atomic E-state index is -2.60. The zero-order valence-electron chi connectivity index (χ0n) is 15.5. The number of halogens is 1. The third-order valence-electron chi connectivity index (χ3n) is 5.78. The van der Waals surface area contributed by atoms with Crippen molar-refractivity contribution < 1.29 is 4.39 Å². The van der Waals surface area contributed by atoms with Crippen molar-refractivity contribution in [1.29, 1.82) is 0 Å². The number of aryl methyl sites for hydroxylation is 2. The van der Waals surface area contributed by atoms with Gasteiger partial charge in [-0.2, -0.15) is 0 Å². The second kappa shape index (κ2) is 9.44. The third-order valence-corrected chi connectivity index (χ3v) is 21.4. The third kappa shape index (κ3) is 4.74. The van der Waals surface area contributed by atoms with Gasteiger partial charge < -0.3 is 0 Å². The Morgan fingerprint density at radius 1 is 0.826 bits per heavy atom. The predicted molar refractivity (Wildman–Crippen MR) is 103 cm³/mol. The van der Waals surface area contributed by atoms with E-state index in [0.717, 1.165) is 6.42 Å². The molecule has 1 aliphatic rings. The molecular formula is C21H35FSn. The average molecular weight is 425 g/mol. The molecule has 0 fully saturated rings. The van der Waals surface area contributed by atoms with E-state index in [4.69, 9.17) is 0 Å². The predicted octanol–water partition coefficient (Wildman–Crippen LogP) is 6.37. The van der Waals surface area contributed by atoms with Crippen molar-refractivity contribution in [2.24, 2.45) is 0 Å². The summed E-state index contributed by atoms with van der Waals surface area (Å²) in [4.78, 5) is 0. The molecule has 2 heteroatoms. The Kier molecular flexibility index (Phi) is 7.91. The van der Waals surface area contributed by atoms with Gasteiger partial charge in [0.2, 0.25) is 0 Å². The van der Waals surface area contributed by atoms with E-state index in [-0.39, 0.29) is 5.82 Å². The molecule has 0 unspecified atom stereocenters. The minimum absolute atomic E-state index is 0.171. The Hall–Kier alpha value is -0.0513. The van der Waals surface area contributed by atoms with Crippen molar-refractivity contribution in [3.8, 4) is 0 Å². The first kappa shape index (κ1) is 19.3. The number of hydrogen-bond acceptors (Lipinski definition) is 0. The Balaban J connectivity index is 2.40. The standard InChI is InChI=1S/C9H8F.3C4H9.Sn/c10-9-5-4-7-2-1-3-8(7)6-9;3*1-3-4-2;/h4,6H,1-3H2;3*1,3-4H2,2H3;. The van der Waals surface area contributed by atoms with Crippen molar-refractivity contribution in [3.63, 3.8) is 0 Å². The van der Waals surface area contributed by atoms with E-state index >= 15 is 4.39 Å². The van der Waals surface area contributed by atoms with E-state index in [2.05, 4.69) is 26.8 Å². The first-order valence-corrected chi connectivity index (χ1v) is 17.5. The van der Waals surface area contributed by atoms with Gasteiger partial charge in [0.05, 0.1) is 0 Å². The fraction of sp³-hybridized carbons (Fsp3) is 0.714.